The van der Waals surface area contributed by atoms with Gasteiger partial charge in [-0.25, -0.2) is 4.79 Å². The van der Waals surface area contributed by atoms with Gasteiger partial charge < -0.3 is 9.16 Å². The summed E-state index contributed by atoms with van der Waals surface area (Å²) in [5, 5.41) is 0.0863. The third kappa shape index (κ3) is 5.91. The molecule has 0 unspecified atom stereocenters. The van der Waals surface area contributed by atoms with E-state index in [9.17, 15) is 9.59 Å². The Kier molecular flexibility index (Phi) is 8.33. The van der Waals surface area contributed by atoms with Crippen LogP contribution in [0.25, 0.3) is 0 Å². The minimum Gasteiger partial charge on any atom is -0.457 e. The van der Waals surface area contributed by atoms with Crippen molar-refractivity contribution in [2.45, 2.75) is 76.2 Å². The first kappa shape index (κ1) is 25.9. The van der Waals surface area contributed by atoms with Gasteiger partial charge in [0.1, 0.15) is 12.0 Å². The van der Waals surface area contributed by atoms with Crippen molar-refractivity contribution < 1.29 is 18.8 Å². The lowest BCUT2D eigenvalue weighted by Crippen LogP contribution is -2.60. The summed E-state index contributed by atoms with van der Waals surface area (Å²) in [5.74, 6) is -0.594. The summed E-state index contributed by atoms with van der Waals surface area (Å²) >= 11 is 1.60. The Hall–Kier alpha value is -0.353. The number of thioether (sulfide) groups is 1. The van der Waals surface area contributed by atoms with E-state index in [0.29, 0.717) is 18.7 Å². The fourth-order valence-electron chi connectivity index (χ4n) is 2.75. The topological polar surface area (TPSA) is 55.8 Å². The van der Waals surface area contributed by atoms with E-state index in [1.54, 1.807) is 38.2 Å². The molecule has 2 heterocycles. The van der Waals surface area contributed by atoms with Crippen molar-refractivity contribution in [3.05, 3.63) is 22.6 Å². The molecular weight excluding hydrogens is 455 g/mol. The van der Waals surface area contributed by atoms with E-state index in [1.807, 2.05) is 0 Å². The van der Waals surface area contributed by atoms with Crippen LogP contribution in [0.5, 0.6) is 0 Å². The van der Waals surface area contributed by atoms with Gasteiger partial charge >= 0.3 is 5.97 Å². The number of hydrogen-bond donors (Lipinski definition) is 0. The van der Waals surface area contributed by atoms with Crippen LogP contribution >= 0.6 is 33.3 Å². The predicted molar refractivity (Wildman–Crippen MR) is 133 cm³/mol. The molecule has 1 fully saturated rings. The van der Waals surface area contributed by atoms with Crippen LogP contribution in [0.15, 0.2) is 22.6 Å². The van der Waals surface area contributed by atoms with E-state index >= 15 is 0 Å². The Morgan fingerprint density at radius 2 is 1.90 bits per heavy atom. The van der Waals surface area contributed by atoms with Crippen LogP contribution in [0, 0.1) is 5.92 Å². The SMILES string of the molecule is C=CCOC(=O)C1=C(SC(C)(C)C)SS[C@@H]2[C@@H](CCO[Si](C)(C)C(C)(C)C)C(=O)N12. The molecule has 30 heavy (non-hydrogen) atoms. The van der Waals surface area contributed by atoms with Gasteiger partial charge in [-0.15, -0.1) is 11.8 Å². The number of rotatable bonds is 8. The summed E-state index contributed by atoms with van der Waals surface area (Å²) in [6.07, 6.45) is 2.22. The molecule has 2 aliphatic rings. The van der Waals surface area contributed by atoms with Crippen LogP contribution < -0.4 is 0 Å². The van der Waals surface area contributed by atoms with Gasteiger partial charge in [-0.3, -0.25) is 9.69 Å². The van der Waals surface area contributed by atoms with Crippen LogP contribution in [0.4, 0.5) is 0 Å². The van der Waals surface area contributed by atoms with Crippen LogP contribution in [-0.2, 0) is 18.8 Å². The van der Waals surface area contributed by atoms with Crippen molar-refractivity contribution in [1.29, 1.82) is 0 Å². The zero-order chi connectivity index (χ0) is 22.9. The first-order chi connectivity index (χ1) is 13.7. The van der Waals surface area contributed by atoms with E-state index in [4.69, 9.17) is 9.16 Å². The van der Waals surface area contributed by atoms with Crippen LogP contribution in [-0.4, -0.2) is 48.4 Å². The van der Waals surface area contributed by atoms with Crippen molar-refractivity contribution >= 4 is 53.5 Å². The average Bonchev–Trinajstić information content (AvgIpc) is 2.60. The second-order valence-electron chi connectivity index (χ2n) is 10.0. The lowest BCUT2D eigenvalue weighted by atomic mass is 9.94. The summed E-state index contributed by atoms with van der Waals surface area (Å²) in [6, 6.07) is 0. The standard InChI is InChI=1S/C21H35NO4S3Si/c1-10-12-25-18(24)15-19(27-20(2,3)4)29-28-17-14(16(23)22(15)17)11-13-26-30(8,9)21(5,6)7/h10,14,17H,1,11-13H2,2-9H3/t14-,17+/m0/s1. The molecule has 1 saturated heterocycles. The van der Waals surface area contributed by atoms with Crippen molar-refractivity contribution in [3.8, 4) is 0 Å². The molecule has 9 heteroatoms. The molecule has 0 spiro atoms. The smallest absolute Gasteiger partial charge is 0.357 e. The number of fused-ring (bicyclic) bond motifs is 1. The Morgan fingerprint density at radius 1 is 1.27 bits per heavy atom. The number of amides is 1. The summed E-state index contributed by atoms with van der Waals surface area (Å²) in [6.45, 7) is 21.7. The van der Waals surface area contributed by atoms with E-state index in [0.717, 1.165) is 4.24 Å². The molecule has 170 valence electrons. The Bertz CT molecular complexity index is 725. The molecule has 0 aromatic carbocycles. The van der Waals surface area contributed by atoms with Gasteiger partial charge in [0.25, 0.3) is 0 Å². The number of β-lactam (4-membered cyclic amide) rings is 1. The highest BCUT2D eigenvalue weighted by Crippen LogP contribution is 2.57. The molecule has 0 N–H and O–H groups in total. The average molecular weight is 490 g/mol. The Morgan fingerprint density at radius 3 is 2.43 bits per heavy atom. The lowest BCUT2D eigenvalue weighted by molar-refractivity contribution is -0.154. The minimum absolute atomic E-state index is 0.0100. The normalized spacial score (nSPS) is 22.5. The van der Waals surface area contributed by atoms with Crippen LogP contribution in [0.3, 0.4) is 0 Å². The van der Waals surface area contributed by atoms with Crippen molar-refractivity contribution in [2.24, 2.45) is 5.92 Å². The second-order valence-corrected chi connectivity index (χ2v) is 19.3. The number of ether oxygens (including phenoxy) is 1. The molecule has 2 atom stereocenters. The third-order valence-corrected chi connectivity index (χ3v) is 14.3. The zero-order valence-electron chi connectivity index (χ0n) is 19.4. The first-order valence-electron chi connectivity index (χ1n) is 10.2. The minimum atomic E-state index is -1.84. The molecule has 2 rings (SSSR count). The molecule has 0 aromatic heterocycles. The molecule has 0 bridgehead atoms. The highest BCUT2D eigenvalue weighted by atomic mass is 33.1. The maximum Gasteiger partial charge on any atom is 0.357 e. The van der Waals surface area contributed by atoms with E-state index in [2.05, 4.69) is 61.2 Å². The molecule has 0 aromatic rings. The fraction of sp³-hybridized carbons (Fsp3) is 0.714. The van der Waals surface area contributed by atoms with E-state index in [-0.39, 0.29) is 33.6 Å². The monoisotopic (exact) mass is 489 g/mol. The molecular formula is C21H35NO4S3Si. The number of hydrogen-bond acceptors (Lipinski definition) is 7. The van der Waals surface area contributed by atoms with Crippen LogP contribution in [0.2, 0.25) is 18.1 Å². The van der Waals surface area contributed by atoms with Crippen LogP contribution in [0.1, 0.15) is 48.0 Å². The van der Waals surface area contributed by atoms with E-state index < -0.39 is 14.3 Å². The predicted octanol–water partition coefficient (Wildman–Crippen LogP) is 6.01. The quantitative estimate of drug-likeness (QED) is 0.136. The Labute approximate surface area is 194 Å². The molecule has 0 radical (unpaired) electrons. The van der Waals surface area contributed by atoms with Gasteiger partial charge in [0.2, 0.25) is 5.91 Å². The van der Waals surface area contributed by atoms with Crippen molar-refractivity contribution in [2.75, 3.05) is 13.2 Å². The van der Waals surface area contributed by atoms with E-state index in [1.165, 1.54) is 6.08 Å². The summed E-state index contributed by atoms with van der Waals surface area (Å²) in [7, 11) is 1.39. The first-order valence-corrected chi connectivity index (χ1v) is 16.1. The summed E-state index contributed by atoms with van der Waals surface area (Å²) in [5.41, 5.74) is 0.386. The lowest BCUT2D eigenvalue weighted by Gasteiger charge is -2.49. The maximum absolute atomic E-state index is 13.0. The molecule has 5 nitrogen and oxygen atoms in total. The van der Waals surface area contributed by atoms with Gasteiger partial charge in [-0.05, 0) is 35.3 Å². The molecule has 1 amide bonds. The fourth-order valence-corrected chi connectivity index (χ4v) is 8.78. The number of carbonyl (C=O) groups excluding carboxylic acids is 2. The molecule has 0 aliphatic carbocycles. The third-order valence-electron chi connectivity index (χ3n) is 5.43. The highest BCUT2D eigenvalue weighted by Gasteiger charge is 2.54. The van der Waals surface area contributed by atoms with Gasteiger partial charge in [0.15, 0.2) is 14.0 Å². The van der Waals surface area contributed by atoms with Crippen molar-refractivity contribution in [3.63, 3.8) is 0 Å². The van der Waals surface area contributed by atoms with Crippen molar-refractivity contribution in [1.82, 2.24) is 4.90 Å². The molecule has 0 saturated carbocycles. The zero-order valence-corrected chi connectivity index (χ0v) is 22.8. The Balaban J connectivity index is 2.13. The summed E-state index contributed by atoms with van der Waals surface area (Å²) in [4.78, 5) is 27.4. The largest absolute Gasteiger partial charge is 0.457 e. The second kappa shape index (κ2) is 9.64. The number of nitrogens with zero attached hydrogens (tertiary/aromatic N) is 1. The van der Waals surface area contributed by atoms with Gasteiger partial charge in [0.05, 0.1) is 10.2 Å². The number of carbonyl (C=O) groups is 2. The van der Waals surface area contributed by atoms with Gasteiger partial charge in [0, 0.05) is 11.4 Å². The van der Waals surface area contributed by atoms with Gasteiger partial charge in [-0.2, -0.15) is 0 Å². The van der Waals surface area contributed by atoms with Gasteiger partial charge in [-0.1, -0.05) is 65.0 Å². The maximum atomic E-state index is 13.0. The summed E-state index contributed by atoms with van der Waals surface area (Å²) < 4.78 is 12.3. The highest BCUT2D eigenvalue weighted by molar-refractivity contribution is 8.80. The number of esters is 1. The molecule has 2 aliphatic heterocycles.